The average Bonchev–Trinajstić information content (AvgIpc) is 3.21. The van der Waals surface area contributed by atoms with Gasteiger partial charge >= 0.3 is 0 Å². The summed E-state index contributed by atoms with van der Waals surface area (Å²) in [7, 11) is 6.81. The number of ether oxygens (including phenoxy) is 3. The van der Waals surface area contributed by atoms with Crippen molar-refractivity contribution in [2.24, 2.45) is 4.99 Å². The average molecular weight is 552 g/mol. The second kappa shape index (κ2) is 12.4. The Kier molecular flexibility index (Phi) is 9.96. The van der Waals surface area contributed by atoms with E-state index in [1.165, 1.54) is 5.56 Å². The van der Waals surface area contributed by atoms with Crippen molar-refractivity contribution in [3.63, 3.8) is 0 Å². The van der Waals surface area contributed by atoms with Gasteiger partial charge in [-0.2, -0.15) is 0 Å². The Labute approximate surface area is 207 Å². The van der Waals surface area contributed by atoms with Gasteiger partial charge in [-0.1, -0.05) is 12.1 Å². The van der Waals surface area contributed by atoms with Crippen molar-refractivity contribution in [2.75, 3.05) is 34.9 Å². The number of aryl methyl sites for hydroxylation is 2. The molecule has 0 spiro atoms. The summed E-state index contributed by atoms with van der Waals surface area (Å²) < 4.78 is 16.3. The fraction of sp³-hybridized carbons (Fsp3) is 0.375. The first kappa shape index (κ1) is 25.6. The molecule has 8 heteroatoms. The molecule has 32 heavy (non-hydrogen) atoms. The minimum Gasteiger partial charge on any atom is -0.497 e. The van der Waals surface area contributed by atoms with Crippen molar-refractivity contribution in [1.29, 1.82) is 0 Å². The molecule has 0 radical (unpaired) electrons. The largest absolute Gasteiger partial charge is 0.497 e. The normalized spacial score (nSPS) is 11.1. The molecule has 1 aromatic heterocycles. The number of aliphatic imine (C=N–C) groups is 1. The van der Waals surface area contributed by atoms with Gasteiger partial charge < -0.3 is 29.8 Å². The predicted molar refractivity (Wildman–Crippen MR) is 141 cm³/mol. The molecule has 7 nitrogen and oxygen atoms in total. The van der Waals surface area contributed by atoms with Crippen molar-refractivity contribution in [3.05, 3.63) is 53.2 Å². The van der Waals surface area contributed by atoms with Crippen LogP contribution in [0.5, 0.6) is 17.2 Å². The molecule has 3 N–H and O–H groups in total. The molecule has 1 heterocycles. The van der Waals surface area contributed by atoms with Crippen molar-refractivity contribution in [1.82, 2.24) is 15.6 Å². The fourth-order valence-electron chi connectivity index (χ4n) is 3.54. The first-order valence-electron chi connectivity index (χ1n) is 10.4. The summed E-state index contributed by atoms with van der Waals surface area (Å²) in [6.45, 7) is 3.51. The number of halogens is 1. The third-order valence-electron chi connectivity index (χ3n) is 5.21. The van der Waals surface area contributed by atoms with Gasteiger partial charge in [-0.15, -0.1) is 24.0 Å². The van der Waals surface area contributed by atoms with E-state index in [0.717, 1.165) is 64.8 Å². The number of rotatable bonds is 9. The lowest BCUT2D eigenvalue weighted by atomic mass is 10.1. The number of hydrogen-bond donors (Lipinski definition) is 3. The van der Waals surface area contributed by atoms with Crippen LogP contribution in [0.1, 0.15) is 23.2 Å². The van der Waals surface area contributed by atoms with E-state index in [2.05, 4.69) is 45.7 Å². The fourth-order valence-corrected chi connectivity index (χ4v) is 3.54. The number of hydrogen-bond acceptors (Lipinski definition) is 4. The van der Waals surface area contributed by atoms with E-state index in [4.69, 9.17) is 14.2 Å². The van der Waals surface area contributed by atoms with Crippen molar-refractivity contribution < 1.29 is 14.2 Å². The number of benzene rings is 2. The number of nitrogens with one attached hydrogen (secondary N) is 3. The lowest BCUT2D eigenvalue weighted by Crippen LogP contribution is -2.37. The Morgan fingerprint density at radius 3 is 2.44 bits per heavy atom. The topological polar surface area (TPSA) is 79.9 Å². The maximum absolute atomic E-state index is 5.50. The molecule has 0 amide bonds. The van der Waals surface area contributed by atoms with Gasteiger partial charge in [-0.25, -0.2) is 0 Å². The van der Waals surface area contributed by atoms with Crippen LogP contribution in [0.25, 0.3) is 10.9 Å². The standard InChI is InChI=1S/C24H32N4O3.HI/c1-16-8-9-17(22(11-16)30-4)15-27-24(25-2)26-10-6-7-18-12-20-21(28-18)13-19(29-3)14-23(20)31-5;/h8-9,11-14,28H,6-7,10,15H2,1-5H3,(H2,25,26,27);1H. The zero-order chi connectivity index (χ0) is 22.2. The molecule has 3 rings (SSSR count). The summed E-state index contributed by atoms with van der Waals surface area (Å²) in [4.78, 5) is 7.78. The highest BCUT2D eigenvalue weighted by Gasteiger charge is 2.09. The molecule has 0 unspecified atom stereocenters. The number of aromatic amines is 1. The van der Waals surface area contributed by atoms with E-state index in [0.29, 0.717) is 6.54 Å². The highest BCUT2D eigenvalue weighted by atomic mass is 127. The third-order valence-corrected chi connectivity index (χ3v) is 5.21. The minimum atomic E-state index is 0. The number of guanidine groups is 1. The number of H-pyrrole nitrogens is 1. The third kappa shape index (κ3) is 6.44. The first-order valence-corrected chi connectivity index (χ1v) is 10.4. The van der Waals surface area contributed by atoms with Gasteiger partial charge in [0.15, 0.2) is 5.96 Å². The molecular weight excluding hydrogens is 519 g/mol. The highest BCUT2D eigenvalue weighted by molar-refractivity contribution is 14.0. The number of nitrogens with zero attached hydrogens (tertiary/aromatic N) is 1. The Balaban J connectivity index is 0.00000363. The molecule has 3 aromatic rings. The molecule has 0 saturated carbocycles. The minimum absolute atomic E-state index is 0. The van der Waals surface area contributed by atoms with Crippen LogP contribution < -0.4 is 24.8 Å². The second-order valence-electron chi connectivity index (χ2n) is 7.36. The quantitative estimate of drug-likeness (QED) is 0.159. The molecule has 0 bridgehead atoms. The summed E-state index contributed by atoms with van der Waals surface area (Å²) in [5.74, 6) is 3.24. The highest BCUT2D eigenvalue weighted by Crippen LogP contribution is 2.31. The Hall–Kier alpha value is -2.62. The smallest absolute Gasteiger partial charge is 0.191 e. The van der Waals surface area contributed by atoms with Crippen LogP contribution in [0, 0.1) is 6.92 Å². The summed E-state index contributed by atoms with van der Waals surface area (Å²) in [6.07, 6.45) is 1.87. The lowest BCUT2D eigenvalue weighted by molar-refractivity contribution is 0.398. The Morgan fingerprint density at radius 1 is 0.969 bits per heavy atom. The molecule has 2 aromatic carbocycles. The van der Waals surface area contributed by atoms with Crippen LogP contribution in [0.15, 0.2) is 41.4 Å². The van der Waals surface area contributed by atoms with Crippen LogP contribution in [0.4, 0.5) is 0 Å². The Morgan fingerprint density at radius 2 is 1.75 bits per heavy atom. The van der Waals surface area contributed by atoms with Crippen molar-refractivity contribution in [3.8, 4) is 17.2 Å². The van der Waals surface area contributed by atoms with E-state index in [1.807, 2.05) is 18.2 Å². The summed E-state index contributed by atoms with van der Waals surface area (Å²) in [5, 5.41) is 7.79. The van der Waals surface area contributed by atoms with Gasteiger partial charge in [0, 0.05) is 48.9 Å². The monoisotopic (exact) mass is 552 g/mol. The maximum atomic E-state index is 5.50. The van der Waals surface area contributed by atoms with E-state index >= 15 is 0 Å². The van der Waals surface area contributed by atoms with Crippen LogP contribution >= 0.6 is 24.0 Å². The van der Waals surface area contributed by atoms with Crippen LogP contribution in [0.3, 0.4) is 0 Å². The van der Waals surface area contributed by atoms with E-state index in [-0.39, 0.29) is 24.0 Å². The molecule has 0 fully saturated rings. The second-order valence-corrected chi connectivity index (χ2v) is 7.36. The summed E-state index contributed by atoms with van der Waals surface area (Å²) in [5.41, 5.74) is 4.45. The van der Waals surface area contributed by atoms with Crippen molar-refractivity contribution >= 4 is 40.8 Å². The lowest BCUT2D eigenvalue weighted by Gasteiger charge is -2.14. The van der Waals surface area contributed by atoms with Crippen LogP contribution in [-0.2, 0) is 13.0 Å². The first-order chi connectivity index (χ1) is 15.1. The van der Waals surface area contributed by atoms with Gasteiger partial charge in [0.25, 0.3) is 0 Å². The van der Waals surface area contributed by atoms with E-state index in [1.54, 1.807) is 28.4 Å². The summed E-state index contributed by atoms with van der Waals surface area (Å²) >= 11 is 0. The van der Waals surface area contributed by atoms with E-state index in [9.17, 15) is 0 Å². The molecule has 0 aliphatic heterocycles. The van der Waals surface area contributed by atoms with Gasteiger partial charge in [-0.3, -0.25) is 4.99 Å². The molecule has 0 atom stereocenters. The zero-order valence-electron chi connectivity index (χ0n) is 19.4. The molecular formula is C24H33IN4O3. The van der Waals surface area contributed by atoms with Gasteiger partial charge in [-0.05, 0) is 37.5 Å². The van der Waals surface area contributed by atoms with Gasteiger partial charge in [0.1, 0.15) is 17.2 Å². The maximum Gasteiger partial charge on any atom is 0.191 e. The number of aromatic nitrogens is 1. The number of methoxy groups -OCH3 is 3. The molecule has 174 valence electrons. The van der Waals surface area contributed by atoms with E-state index < -0.39 is 0 Å². The number of fused-ring (bicyclic) bond motifs is 1. The van der Waals surface area contributed by atoms with Crippen LogP contribution in [-0.4, -0.2) is 45.9 Å². The zero-order valence-corrected chi connectivity index (χ0v) is 21.7. The van der Waals surface area contributed by atoms with Crippen LogP contribution in [0.2, 0.25) is 0 Å². The van der Waals surface area contributed by atoms with Crippen molar-refractivity contribution in [2.45, 2.75) is 26.3 Å². The predicted octanol–water partition coefficient (Wildman–Crippen LogP) is 4.42. The van der Waals surface area contributed by atoms with Gasteiger partial charge in [0.2, 0.25) is 0 Å². The Bertz CT molecular complexity index is 1050. The molecule has 0 aliphatic rings. The van der Waals surface area contributed by atoms with Gasteiger partial charge in [0.05, 0.1) is 26.8 Å². The SMILES string of the molecule is CN=C(NCCCc1cc2c(OC)cc(OC)cc2[nH]1)NCc1ccc(C)cc1OC.I. The molecule has 0 saturated heterocycles. The molecule has 0 aliphatic carbocycles. The summed E-state index contributed by atoms with van der Waals surface area (Å²) in [6, 6.07) is 12.2.